The number of aryl methyl sites for hydroxylation is 1. The van der Waals surface area contributed by atoms with E-state index < -0.39 is 43.1 Å². The van der Waals surface area contributed by atoms with E-state index in [2.05, 4.69) is 9.97 Å². The van der Waals surface area contributed by atoms with Crippen molar-refractivity contribution in [1.29, 1.82) is 0 Å². The Morgan fingerprint density at radius 2 is 2.00 bits per heavy atom. The van der Waals surface area contributed by atoms with E-state index in [0.717, 1.165) is 17.1 Å². The molecule has 0 spiro atoms. The Hall–Kier alpha value is -2.43. The minimum atomic E-state index is -1.39. The monoisotopic (exact) mass is 389 g/mol. The van der Waals surface area contributed by atoms with E-state index in [1.165, 1.54) is 18.5 Å². The Kier molecular flexibility index (Phi) is 4.86. The molecule has 1 fully saturated rings. The van der Waals surface area contributed by atoms with E-state index in [0.29, 0.717) is 5.65 Å². The summed E-state index contributed by atoms with van der Waals surface area (Å²) in [5.41, 5.74) is 1.57. The first-order valence-electron chi connectivity index (χ1n) is 8.79. The molecule has 1 aliphatic heterocycles. The van der Waals surface area contributed by atoms with Crippen molar-refractivity contribution in [1.82, 2.24) is 14.5 Å². The third kappa shape index (κ3) is 2.97. The molecule has 3 aromatic rings. The number of fused-ring (bicyclic) bond motifs is 1. The summed E-state index contributed by atoms with van der Waals surface area (Å²) in [6, 6.07) is 5.55. The number of nitrogens with zero attached hydrogens (tertiary/aromatic N) is 3. The van der Waals surface area contributed by atoms with Crippen molar-refractivity contribution in [2.45, 2.75) is 44.2 Å². The van der Waals surface area contributed by atoms with Gasteiger partial charge in [0.25, 0.3) is 0 Å². The van der Waals surface area contributed by atoms with Crippen LogP contribution < -0.4 is 0 Å². The molecule has 5 unspecified atom stereocenters. The van der Waals surface area contributed by atoms with Crippen molar-refractivity contribution in [3.8, 4) is 0 Å². The Balaban J connectivity index is 1.65. The molecule has 5 atom stereocenters. The molecule has 28 heavy (non-hydrogen) atoms. The molecule has 0 aliphatic carbocycles. The van der Waals surface area contributed by atoms with Crippen LogP contribution in [0, 0.1) is 12.7 Å². The molecule has 3 heterocycles. The lowest BCUT2D eigenvalue weighted by Crippen LogP contribution is -2.34. The number of aliphatic hydroxyl groups excluding tert-OH is 4. The van der Waals surface area contributed by atoms with Gasteiger partial charge >= 0.3 is 0 Å². The van der Waals surface area contributed by atoms with Gasteiger partial charge in [0.05, 0.1) is 12.3 Å². The third-order valence-electron chi connectivity index (χ3n) is 5.15. The molecule has 4 N–H and O–H groups in total. The van der Waals surface area contributed by atoms with Crippen molar-refractivity contribution >= 4 is 11.0 Å². The van der Waals surface area contributed by atoms with E-state index in [1.807, 2.05) is 6.92 Å². The summed E-state index contributed by atoms with van der Waals surface area (Å²) < 4.78 is 21.0. The van der Waals surface area contributed by atoms with Crippen LogP contribution in [-0.4, -0.2) is 53.3 Å². The second-order valence-corrected chi connectivity index (χ2v) is 6.85. The number of benzene rings is 1. The summed E-state index contributed by atoms with van der Waals surface area (Å²) in [5.74, 6) is -0.599. The van der Waals surface area contributed by atoms with Gasteiger partial charge < -0.3 is 29.7 Å². The molecular weight excluding hydrogens is 369 g/mol. The zero-order chi connectivity index (χ0) is 20.0. The molecule has 0 amide bonds. The molecule has 1 saturated heterocycles. The van der Waals surface area contributed by atoms with Gasteiger partial charge in [0, 0.05) is 17.1 Å². The lowest BCUT2D eigenvalue weighted by molar-refractivity contribution is -0.0848. The van der Waals surface area contributed by atoms with Crippen molar-refractivity contribution in [2.24, 2.45) is 0 Å². The maximum Gasteiger partial charge on any atom is 0.164 e. The maximum absolute atomic E-state index is 13.6. The van der Waals surface area contributed by atoms with Gasteiger partial charge in [-0.2, -0.15) is 0 Å². The van der Waals surface area contributed by atoms with Gasteiger partial charge in [0.2, 0.25) is 0 Å². The molecule has 1 aromatic carbocycles. The predicted molar refractivity (Wildman–Crippen MR) is 95.5 cm³/mol. The van der Waals surface area contributed by atoms with Crippen molar-refractivity contribution in [2.75, 3.05) is 0 Å². The number of rotatable bonds is 4. The highest BCUT2D eigenvalue weighted by Crippen LogP contribution is 2.37. The molecule has 0 bridgehead atoms. The van der Waals surface area contributed by atoms with Crippen LogP contribution in [0.3, 0.4) is 0 Å². The number of aliphatic hydroxyl groups is 4. The second kappa shape index (κ2) is 7.19. The molecule has 4 rings (SSSR count). The van der Waals surface area contributed by atoms with E-state index in [1.54, 1.807) is 16.8 Å². The number of aromatic nitrogens is 3. The van der Waals surface area contributed by atoms with Crippen LogP contribution in [-0.2, 0) is 11.3 Å². The van der Waals surface area contributed by atoms with Crippen LogP contribution in [0.2, 0.25) is 0 Å². The van der Waals surface area contributed by atoms with Crippen molar-refractivity contribution in [3.63, 3.8) is 0 Å². The number of hydrogen-bond acceptors (Lipinski definition) is 7. The molecule has 148 valence electrons. The maximum atomic E-state index is 13.6. The average Bonchev–Trinajstić information content (AvgIpc) is 3.24. The average molecular weight is 389 g/mol. The first-order chi connectivity index (χ1) is 13.4. The van der Waals surface area contributed by atoms with E-state index in [4.69, 9.17) is 4.74 Å². The van der Waals surface area contributed by atoms with E-state index in [-0.39, 0.29) is 11.1 Å². The Morgan fingerprint density at radius 1 is 1.21 bits per heavy atom. The summed E-state index contributed by atoms with van der Waals surface area (Å²) in [5, 5.41) is 41.6. The highest BCUT2D eigenvalue weighted by Gasteiger charge is 2.47. The Labute approximate surface area is 159 Å². The highest BCUT2D eigenvalue weighted by atomic mass is 19.1. The molecule has 1 aliphatic rings. The van der Waals surface area contributed by atoms with Gasteiger partial charge in [-0.15, -0.1) is 0 Å². The highest BCUT2D eigenvalue weighted by molar-refractivity contribution is 5.78. The Morgan fingerprint density at radius 3 is 2.75 bits per heavy atom. The molecule has 8 nitrogen and oxygen atoms in total. The van der Waals surface area contributed by atoms with Crippen LogP contribution >= 0.6 is 0 Å². The van der Waals surface area contributed by atoms with Crippen LogP contribution in [0.1, 0.15) is 29.2 Å². The normalized spacial score (nSPS) is 26.1. The molecule has 9 heteroatoms. The van der Waals surface area contributed by atoms with Gasteiger partial charge in [-0.05, 0) is 30.7 Å². The number of halogens is 1. The van der Waals surface area contributed by atoms with Gasteiger partial charge in [0.1, 0.15) is 42.2 Å². The second-order valence-electron chi connectivity index (χ2n) is 6.85. The lowest BCUT2D eigenvalue weighted by Gasteiger charge is -2.22. The summed E-state index contributed by atoms with van der Waals surface area (Å²) >= 11 is 0. The van der Waals surface area contributed by atoms with E-state index in [9.17, 15) is 24.8 Å². The number of ether oxygens (including phenoxy) is 1. The van der Waals surface area contributed by atoms with Crippen LogP contribution in [0.15, 0.2) is 36.8 Å². The molecule has 0 radical (unpaired) electrons. The molecule has 0 saturated carbocycles. The van der Waals surface area contributed by atoms with E-state index >= 15 is 0 Å². The standard InChI is InChI=1S/C19H20FN3O5/c1-9-12-4-5-23(18(12)22-8-21-9)19-16(27)15(26)17(28-19)14(25)10-2-3-13(20)11(6-10)7-24/h2-6,8,14-17,19,24-27H,7H2,1H3. The molecule has 2 aromatic heterocycles. The van der Waals surface area contributed by atoms with Crippen molar-refractivity contribution in [3.05, 3.63) is 59.4 Å². The summed E-state index contributed by atoms with van der Waals surface area (Å²) in [6.07, 6.45) is -3.10. The van der Waals surface area contributed by atoms with Crippen LogP contribution in [0.4, 0.5) is 4.39 Å². The van der Waals surface area contributed by atoms with Gasteiger partial charge in [-0.25, -0.2) is 14.4 Å². The summed E-state index contributed by atoms with van der Waals surface area (Å²) in [7, 11) is 0. The van der Waals surface area contributed by atoms with Gasteiger partial charge in [-0.3, -0.25) is 0 Å². The minimum absolute atomic E-state index is 0.0183. The first-order valence-corrected chi connectivity index (χ1v) is 8.79. The fourth-order valence-electron chi connectivity index (χ4n) is 3.57. The smallest absolute Gasteiger partial charge is 0.164 e. The predicted octanol–water partition coefficient (Wildman–Crippen LogP) is 0.724. The van der Waals surface area contributed by atoms with Crippen molar-refractivity contribution < 1.29 is 29.6 Å². The largest absolute Gasteiger partial charge is 0.392 e. The fraction of sp³-hybridized carbons (Fsp3) is 0.368. The van der Waals surface area contributed by atoms with Crippen LogP contribution in [0.25, 0.3) is 11.0 Å². The van der Waals surface area contributed by atoms with Gasteiger partial charge in [-0.1, -0.05) is 6.07 Å². The first kappa shape index (κ1) is 18.9. The topological polar surface area (TPSA) is 121 Å². The fourth-order valence-corrected chi connectivity index (χ4v) is 3.57. The minimum Gasteiger partial charge on any atom is -0.392 e. The van der Waals surface area contributed by atoms with Gasteiger partial charge in [0.15, 0.2) is 6.23 Å². The lowest BCUT2D eigenvalue weighted by atomic mass is 9.97. The molecular formula is C19H20FN3O5. The number of hydrogen-bond donors (Lipinski definition) is 4. The zero-order valence-electron chi connectivity index (χ0n) is 15.0. The zero-order valence-corrected chi connectivity index (χ0v) is 15.0. The van der Waals surface area contributed by atoms with Crippen LogP contribution in [0.5, 0.6) is 0 Å². The third-order valence-corrected chi connectivity index (χ3v) is 5.15. The summed E-state index contributed by atoms with van der Waals surface area (Å²) in [6.45, 7) is 1.30. The Bertz CT molecular complexity index is 1010. The quantitative estimate of drug-likeness (QED) is 0.519. The summed E-state index contributed by atoms with van der Waals surface area (Å²) in [4.78, 5) is 8.33. The SMILES string of the molecule is Cc1ncnc2c1ccn2C1OC(C(O)c2ccc(F)c(CO)c2)C(O)C1O.